The van der Waals surface area contributed by atoms with Crippen LogP contribution in [0.25, 0.3) is 6.08 Å². The summed E-state index contributed by atoms with van der Waals surface area (Å²) < 4.78 is 5.50. The summed E-state index contributed by atoms with van der Waals surface area (Å²) in [6.45, 7) is 3.67. The average molecular weight is 460 g/mol. The molecule has 0 aliphatic heterocycles. The van der Waals surface area contributed by atoms with Gasteiger partial charge in [-0.15, -0.1) is 0 Å². The van der Waals surface area contributed by atoms with Crippen LogP contribution in [-0.2, 0) is 9.59 Å². The minimum Gasteiger partial charge on any atom is -0.484 e. The molecule has 3 aromatic carbocycles. The number of nitrogens with zero attached hydrogens (tertiary/aromatic N) is 1. The second kappa shape index (κ2) is 11.0. The molecule has 0 unspecified atom stereocenters. The van der Waals surface area contributed by atoms with Crippen LogP contribution in [0.3, 0.4) is 0 Å². The second-order valence-corrected chi connectivity index (χ2v) is 7.66. The topological polar surface area (TPSA) is 91.2 Å². The smallest absolute Gasteiger partial charge is 0.266 e. The summed E-state index contributed by atoms with van der Waals surface area (Å²) in [5.41, 5.74) is 3.80. The molecule has 0 aliphatic carbocycles. The van der Waals surface area contributed by atoms with Crippen LogP contribution in [-0.4, -0.2) is 18.4 Å². The van der Waals surface area contributed by atoms with Gasteiger partial charge in [-0.25, -0.2) is 0 Å². The van der Waals surface area contributed by atoms with E-state index in [9.17, 15) is 14.9 Å². The molecule has 0 spiro atoms. The van der Waals surface area contributed by atoms with E-state index in [2.05, 4.69) is 10.6 Å². The molecule has 0 heterocycles. The number of para-hydroxylation sites is 1. The molecule has 166 valence electrons. The zero-order valence-corrected chi connectivity index (χ0v) is 18.9. The van der Waals surface area contributed by atoms with Gasteiger partial charge in [-0.2, -0.15) is 5.26 Å². The summed E-state index contributed by atoms with van der Waals surface area (Å²) in [4.78, 5) is 24.6. The molecular weight excluding hydrogens is 438 g/mol. The third-order valence-corrected chi connectivity index (χ3v) is 5.26. The highest BCUT2D eigenvalue weighted by Gasteiger charge is 2.12. The Morgan fingerprint density at radius 1 is 0.970 bits per heavy atom. The number of rotatable bonds is 7. The summed E-state index contributed by atoms with van der Waals surface area (Å²) in [7, 11) is 0. The minimum atomic E-state index is -0.484. The highest BCUT2D eigenvalue weighted by atomic mass is 35.5. The Bertz CT molecular complexity index is 1240. The molecule has 0 fully saturated rings. The molecule has 33 heavy (non-hydrogen) atoms. The monoisotopic (exact) mass is 459 g/mol. The van der Waals surface area contributed by atoms with Crippen molar-refractivity contribution < 1.29 is 14.3 Å². The van der Waals surface area contributed by atoms with Gasteiger partial charge < -0.3 is 15.4 Å². The van der Waals surface area contributed by atoms with Crippen molar-refractivity contribution in [2.45, 2.75) is 13.8 Å². The molecule has 3 aromatic rings. The van der Waals surface area contributed by atoms with Crippen LogP contribution in [0.2, 0.25) is 5.02 Å². The standard InChI is InChI=1S/C26H22ClN3O3/c1-17-6-5-9-23(18(17)2)30-26(32)20(15-28)14-19-10-12-21(13-11-19)33-16-25(31)29-24-8-4-3-7-22(24)27/h3-14H,16H2,1-2H3,(H,29,31)(H,30,32)/b20-14-. The van der Waals surface area contributed by atoms with Crippen molar-refractivity contribution in [3.05, 3.63) is 94.0 Å². The second-order valence-electron chi connectivity index (χ2n) is 7.26. The number of carbonyl (C=O) groups excluding carboxylic acids is 2. The van der Waals surface area contributed by atoms with Crippen LogP contribution in [0.1, 0.15) is 16.7 Å². The molecule has 0 saturated heterocycles. The van der Waals surface area contributed by atoms with Crippen molar-refractivity contribution in [1.29, 1.82) is 5.26 Å². The highest BCUT2D eigenvalue weighted by Crippen LogP contribution is 2.21. The van der Waals surface area contributed by atoms with E-state index >= 15 is 0 Å². The van der Waals surface area contributed by atoms with Crippen LogP contribution in [0.4, 0.5) is 11.4 Å². The number of nitriles is 1. The molecule has 0 saturated carbocycles. The number of halogens is 1. The minimum absolute atomic E-state index is 0.0244. The van der Waals surface area contributed by atoms with Crippen molar-refractivity contribution in [1.82, 2.24) is 0 Å². The first-order valence-electron chi connectivity index (χ1n) is 10.1. The number of ether oxygens (including phenoxy) is 1. The Kier molecular flexibility index (Phi) is 7.85. The van der Waals surface area contributed by atoms with Gasteiger partial charge in [0.05, 0.1) is 10.7 Å². The predicted molar refractivity (Wildman–Crippen MR) is 130 cm³/mol. The first kappa shape index (κ1) is 23.6. The Morgan fingerprint density at radius 2 is 1.67 bits per heavy atom. The lowest BCUT2D eigenvalue weighted by molar-refractivity contribution is -0.118. The summed E-state index contributed by atoms with van der Waals surface area (Å²) in [6.07, 6.45) is 1.49. The molecule has 6 nitrogen and oxygen atoms in total. The molecule has 0 atom stereocenters. The van der Waals surface area contributed by atoms with Gasteiger partial charge in [0.1, 0.15) is 17.4 Å². The van der Waals surface area contributed by atoms with E-state index in [-0.39, 0.29) is 18.1 Å². The molecule has 0 aromatic heterocycles. The lowest BCUT2D eigenvalue weighted by Crippen LogP contribution is -2.20. The average Bonchev–Trinajstić information content (AvgIpc) is 2.81. The zero-order chi connectivity index (χ0) is 23.8. The predicted octanol–water partition coefficient (Wildman–Crippen LogP) is 5.52. The number of hydrogen-bond acceptors (Lipinski definition) is 4. The molecular formula is C26H22ClN3O3. The van der Waals surface area contributed by atoms with Crippen molar-refractivity contribution in [3.63, 3.8) is 0 Å². The van der Waals surface area contributed by atoms with E-state index in [0.717, 1.165) is 11.1 Å². The normalized spacial score (nSPS) is 10.8. The number of aryl methyl sites for hydroxylation is 1. The van der Waals surface area contributed by atoms with Gasteiger partial charge in [0.15, 0.2) is 6.61 Å². The fourth-order valence-electron chi connectivity index (χ4n) is 2.95. The zero-order valence-electron chi connectivity index (χ0n) is 18.2. The van der Waals surface area contributed by atoms with Crippen LogP contribution >= 0.6 is 11.6 Å². The van der Waals surface area contributed by atoms with Crippen molar-refractivity contribution >= 4 is 40.9 Å². The maximum atomic E-state index is 12.5. The van der Waals surface area contributed by atoms with Crippen LogP contribution < -0.4 is 15.4 Å². The lowest BCUT2D eigenvalue weighted by Gasteiger charge is -2.10. The maximum Gasteiger partial charge on any atom is 0.266 e. The van der Waals surface area contributed by atoms with Crippen molar-refractivity contribution in [3.8, 4) is 11.8 Å². The Hall–Kier alpha value is -4.08. The van der Waals surface area contributed by atoms with E-state index in [4.69, 9.17) is 16.3 Å². The van der Waals surface area contributed by atoms with Gasteiger partial charge in [-0.05, 0) is 66.9 Å². The Labute approximate surface area is 197 Å². The number of hydrogen-bond donors (Lipinski definition) is 2. The van der Waals surface area contributed by atoms with Gasteiger partial charge >= 0.3 is 0 Å². The third-order valence-electron chi connectivity index (χ3n) is 4.93. The Balaban J connectivity index is 1.60. The summed E-state index contributed by atoms with van der Waals surface area (Å²) in [5.74, 6) is -0.357. The highest BCUT2D eigenvalue weighted by molar-refractivity contribution is 6.33. The van der Waals surface area contributed by atoms with E-state index in [1.54, 1.807) is 54.6 Å². The van der Waals surface area contributed by atoms with Gasteiger partial charge in [0.25, 0.3) is 11.8 Å². The molecule has 7 heteroatoms. The number of carbonyl (C=O) groups is 2. The van der Waals surface area contributed by atoms with Crippen molar-refractivity contribution in [2.75, 3.05) is 17.2 Å². The lowest BCUT2D eigenvalue weighted by atomic mass is 10.1. The maximum absolute atomic E-state index is 12.5. The Morgan fingerprint density at radius 3 is 2.36 bits per heavy atom. The number of amides is 2. The first-order valence-corrected chi connectivity index (χ1v) is 10.5. The third kappa shape index (κ3) is 6.45. The SMILES string of the molecule is Cc1cccc(NC(=O)/C(C#N)=C\c2ccc(OCC(=O)Nc3ccccc3Cl)cc2)c1C. The van der Waals surface area contributed by atoms with Gasteiger partial charge in [-0.3, -0.25) is 9.59 Å². The molecule has 0 aliphatic rings. The van der Waals surface area contributed by atoms with E-state index in [1.807, 2.05) is 32.0 Å². The number of anilines is 2. The summed E-state index contributed by atoms with van der Waals surface area (Å²) >= 11 is 6.03. The van der Waals surface area contributed by atoms with E-state index in [0.29, 0.717) is 27.7 Å². The molecule has 2 amide bonds. The quantitative estimate of drug-likeness (QED) is 0.359. The van der Waals surface area contributed by atoms with Crippen LogP contribution in [0, 0.1) is 25.2 Å². The number of benzene rings is 3. The first-order chi connectivity index (χ1) is 15.9. The van der Waals surface area contributed by atoms with Crippen molar-refractivity contribution in [2.24, 2.45) is 0 Å². The fraction of sp³-hybridized carbons (Fsp3) is 0.115. The molecule has 0 radical (unpaired) electrons. The van der Waals surface area contributed by atoms with Crippen LogP contribution in [0.5, 0.6) is 5.75 Å². The molecule has 2 N–H and O–H groups in total. The summed E-state index contributed by atoms with van der Waals surface area (Å²) in [6, 6.07) is 21.2. The fourth-order valence-corrected chi connectivity index (χ4v) is 3.13. The number of nitrogens with one attached hydrogen (secondary N) is 2. The van der Waals surface area contributed by atoms with Gasteiger partial charge in [-0.1, -0.05) is 48.0 Å². The molecule has 3 rings (SSSR count). The van der Waals surface area contributed by atoms with Gasteiger partial charge in [0.2, 0.25) is 0 Å². The molecule has 0 bridgehead atoms. The largest absolute Gasteiger partial charge is 0.484 e. The summed E-state index contributed by atoms with van der Waals surface area (Å²) in [5, 5.41) is 15.3. The van der Waals surface area contributed by atoms with Gasteiger partial charge in [0, 0.05) is 5.69 Å². The van der Waals surface area contributed by atoms with Crippen LogP contribution in [0.15, 0.2) is 72.3 Å². The van der Waals surface area contributed by atoms with E-state index < -0.39 is 5.91 Å². The van der Waals surface area contributed by atoms with E-state index in [1.165, 1.54) is 6.08 Å².